The van der Waals surface area contributed by atoms with Crippen LogP contribution in [0.3, 0.4) is 0 Å². The number of aromatic nitrogens is 1. The van der Waals surface area contributed by atoms with E-state index in [2.05, 4.69) is 4.98 Å². The minimum Gasteiger partial charge on any atom is -0.378 e. The van der Waals surface area contributed by atoms with E-state index in [4.69, 9.17) is 10.5 Å². The SMILES string of the molecule is NC(Cc1cncs1)CC1CCCO1. The third-order valence-corrected chi connectivity index (χ3v) is 3.34. The average molecular weight is 212 g/mol. The zero-order valence-corrected chi connectivity index (χ0v) is 9.00. The zero-order chi connectivity index (χ0) is 9.80. The summed E-state index contributed by atoms with van der Waals surface area (Å²) in [4.78, 5) is 5.31. The Morgan fingerprint density at radius 2 is 2.64 bits per heavy atom. The van der Waals surface area contributed by atoms with Crippen LogP contribution < -0.4 is 5.73 Å². The lowest BCUT2D eigenvalue weighted by atomic mass is 10.0. The van der Waals surface area contributed by atoms with Crippen molar-refractivity contribution in [2.45, 2.75) is 37.8 Å². The number of ether oxygens (including phenoxy) is 1. The molecule has 0 aliphatic carbocycles. The van der Waals surface area contributed by atoms with Crippen LogP contribution in [0.25, 0.3) is 0 Å². The van der Waals surface area contributed by atoms with Gasteiger partial charge in [0.25, 0.3) is 0 Å². The van der Waals surface area contributed by atoms with Gasteiger partial charge in [0.1, 0.15) is 0 Å². The fourth-order valence-electron chi connectivity index (χ4n) is 1.85. The first-order valence-corrected chi connectivity index (χ1v) is 5.97. The van der Waals surface area contributed by atoms with Crippen LogP contribution in [0.4, 0.5) is 0 Å². The van der Waals surface area contributed by atoms with Gasteiger partial charge in [-0.15, -0.1) is 11.3 Å². The molecule has 1 aliphatic heterocycles. The summed E-state index contributed by atoms with van der Waals surface area (Å²) >= 11 is 1.68. The lowest BCUT2D eigenvalue weighted by molar-refractivity contribution is 0.0984. The Labute approximate surface area is 88.3 Å². The van der Waals surface area contributed by atoms with Crippen LogP contribution >= 0.6 is 11.3 Å². The van der Waals surface area contributed by atoms with Crippen LogP contribution in [0.15, 0.2) is 11.7 Å². The number of rotatable bonds is 4. The van der Waals surface area contributed by atoms with Crippen LogP contribution in [0, 0.1) is 0 Å². The molecule has 4 heteroatoms. The highest BCUT2D eigenvalue weighted by atomic mass is 32.1. The van der Waals surface area contributed by atoms with Crippen LogP contribution in [-0.4, -0.2) is 23.7 Å². The second kappa shape index (κ2) is 4.87. The standard InChI is InChI=1S/C10H16N2OS/c11-8(4-9-2-1-3-13-9)5-10-6-12-7-14-10/h6-9H,1-5,11H2. The Kier molecular flexibility index (Phi) is 3.50. The molecule has 2 N–H and O–H groups in total. The minimum absolute atomic E-state index is 0.221. The quantitative estimate of drug-likeness (QED) is 0.824. The van der Waals surface area contributed by atoms with Gasteiger partial charge < -0.3 is 10.5 Å². The molecular weight excluding hydrogens is 196 g/mol. The van der Waals surface area contributed by atoms with Crippen molar-refractivity contribution in [2.24, 2.45) is 5.73 Å². The number of hydrogen-bond donors (Lipinski definition) is 1. The summed E-state index contributed by atoms with van der Waals surface area (Å²) in [5, 5.41) is 0. The highest BCUT2D eigenvalue weighted by Gasteiger charge is 2.18. The molecule has 2 heterocycles. The summed E-state index contributed by atoms with van der Waals surface area (Å²) < 4.78 is 5.55. The molecule has 78 valence electrons. The average Bonchev–Trinajstić information content (AvgIpc) is 2.76. The van der Waals surface area contributed by atoms with Gasteiger partial charge in [-0.2, -0.15) is 0 Å². The van der Waals surface area contributed by atoms with E-state index in [1.807, 2.05) is 11.7 Å². The molecular formula is C10H16N2OS. The van der Waals surface area contributed by atoms with E-state index in [1.165, 1.54) is 17.7 Å². The molecule has 0 bridgehead atoms. The number of hydrogen-bond acceptors (Lipinski definition) is 4. The van der Waals surface area contributed by atoms with Crippen molar-refractivity contribution in [1.29, 1.82) is 0 Å². The molecule has 1 fully saturated rings. The summed E-state index contributed by atoms with van der Waals surface area (Å²) in [6, 6.07) is 0.221. The van der Waals surface area contributed by atoms with Crippen molar-refractivity contribution in [3.63, 3.8) is 0 Å². The number of nitrogens with two attached hydrogens (primary N) is 1. The minimum atomic E-state index is 0.221. The largest absolute Gasteiger partial charge is 0.378 e. The molecule has 1 saturated heterocycles. The molecule has 0 aromatic carbocycles. The molecule has 1 aromatic heterocycles. The summed E-state index contributed by atoms with van der Waals surface area (Å²) in [5.41, 5.74) is 7.90. The van der Waals surface area contributed by atoms with Crippen LogP contribution in [-0.2, 0) is 11.2 Å². The van der Waals surface area contributed by atoms with Gasteiger partial charge in [-0.3, -0.25) is 4.98 Å². The van der Waals surface area contributed by atoms with Crippen LogP contribution in [0.1, 0.15) is 24.1 Å². The van der Waals surface area contributed by atoms with Crippen molar-refractivity contribution in [1.82, 2.24) is 4.98 Å². The topological polar surface area (TPSA) is 48.1 Å². The predicted molar refractivity (Wildman–Crippen MR) is 57.4 cm³/mol. The molecule has 1 aromatic rings. The summed E-state index contributed by atoms with van der Waals surface area (Å²) in [6.45, 7) is 0.915. The molecule has 0 saturated carbocycles. The second-order valence-electron chi connectivity index (χ2n) is 3.80. The normalized spacial score (nSPS) is 23.9. The maximum atomic E-state index is 6.04. The van der Waals surface area contributed by atoms with Gasteiger partial charge in [0.2, 0.25) is 0 Å². The van der Waals surface area contributed by atoms with Gasteiger partial charge in [0.15, 0.2) is 0 Å². The van der Waals surface area contributed by atoms with Crippen molar-refractivity contribution in [3.05, 3.63) is 16.6 Å². The highest BCUT2D eigenvalue weighted by Crippen LogP contribution is 2.18. The van der Waals surface area contributed by atoms with E-state index in [0.29, 0.717) is 6.10 Å². The first kappa shape index (κ1) is 10.1. The molecule has 2 atom stereocenters. The van der Waals surface area contributed by atoms with Gasteiger partial charge in [-0.1, -0.05) is 0 Å². The second-order valence-corrected chi connectivity index (χ2v) is 4.77. The predicted octanol–water partition coefficient (Wildman–Crippen LogP) is 1.58. The third kappa shape index (κ3) is 2.77. The third-order valence-electron chi connectivity index (χ3n) is 2.54. The molecule has 2 unspecified atom stereocenters. The van der Waals surface area contributed by atoms with Gasteiger partial charge in [0, 0.05) is 23.7 Å². The summed E-state index contributed by atoms with van der Waals surface area (Å²) in [7, 11) is 0. The Bertz CT molecular complexity index is 257. The van der Waals surface area contributed by atoms with Crippen molar-refractivity contribution in [2.75, 3.05) is 6.61 Å². The Morgan fingerprint density at radius 3 is 3.29 bits per heavy atom. The first-order chi connectivity index (χ1) is 6.84. The molecule has 14 heavy (non-hydrogen) atoms. The lowest BCUT2D eigenvalue weighted by Crippen LogP contribution is -2.27. The molecule has 0 radical (unpaired) electrons. The van der Waals surface area contributed by atoms with Gasteiger partial charge in [0.05, 0.1) is 11.6 Å². The maximum Gasteiger partial charge on any atom is 0.0794 e. The van der Waals surface area contributed by atoms with Crippen molar-refractivity contribution in [3.8, 4) is 0 Å². The van der Waals surface area contributed by atoms with E-state index < -0.39 is 0 Å². The van der Waals surface area contributed by atoms with Gasteiger partial charge in [-0.05, 0) is 25.7 Å². The van der Waals surface area contributed by atoms with E-state index in [9.17, 15) is 0 Å². The Hall–Kier alpha value is -0.450. The van der Waals surface area contributed by atoms with E-state index in [0.717, 1.165) is 19.4 Å². The van der Waals surface area contributed by atoms with Crippen molar-refractivity contribution >= 4 is 11.3 Å². The monoisotopic (exact) mass is 212 g/mol. The fraction of sp³-hybridized carbons (Fsp3) is 0.700. The molecule has 0 spiro atoms. The van der Waals surface area contributed by atoms with E-state index in [1.54, 1.807) is 11.3 Å². The smallest absolute Gasteiger partial charge is 0.0794 e. The lowest BCUT2D eigenvalue weighted by Gasteiger charge is -2.14. The van der Waals surface area contributed by atoms with Crippen LogP contribution in [0.2, 0.25) is 0 Å². The summed E-state index contributed by atoms with van der Waals surface area (Å²) in [5.74, 6) is 0. The van der Waals surface area contributed by atoms with Crippen LogP contribution in [0.5, 0.6) is 0 Å². The van der Waals surface area contributed by atoms with E-state index >= 15 is 0 Å². The Balaban J connectivity index is 1.75. The van der Waals surface area contributed by atoms with Gasteiger partial charge >= 0.3 is 0 Å². The maximum absolute atomic E-state index is 6.04. The Morgan fingerprint density at radius 1 is 1.71 bits per heavy atom. The summed E-state index contributed by atoms with van der Waals surface area (Å²) in [6.07, 6.45) is 6.59. The zero-order valence-electron chi connectivity index (χ0n) is 8.19. The molecule has 1 aliphatic rings. The molecule has 2 rings (SSSR count). The highest BCUT2D eigenvalue weighted by molar-refractivity contribution is 7.09. The fourth-order valence-corrected chi connectivity index (χ4v) is 2.54. The molecule has 0 amide bonds. The van der Waals surface area contributed by atoms with Crippen molar-refractivity contribution < 1.29 is 4.74 Å². The van der Waals surface area contributed by atoms with E-state index in [-0.39, 0.29) is 6.04 Å². The number of thiazole rings is 1. The first-order valence-electron chi connectivity index (χ1n) is 5.09. The number of nitrogens with zero attached hydrogens (tertiary/aromatic N) is 1. The van der Waals surface area contributed by atoms with Gasteiger partial charge in [-0.25, -0.2) is 0 Å². The molecule has 3 nitrogen and oxygen atoms in total.